The average molecular weight is 314 g/mol. The summed E-state index contributed by atoms with van der Waals surface area (Å²) in [5.41, 5.74) is 0.567. The van der Waals surface area contributed by atoms with Gasteiger partial charge < -0.3 is 9.64 Å². The zero-order chi connectivity index (χ0) is 15.8. The molecule has 23 heavy (non-hydrogen) atoms. The van der Waals surface area contributed by atoms with Gasteiger partial charge in [-0.05, 0) is 31.7 Å². The second kappa shape index (κ2) is 5.69. The van der Waals surface area contributed by atoms with Crippen molar-refractivity contribution in [3.63, 3.8) is 0 Å². The number of rotatable bonds is 2. The average Bonchev–Trinajstić information content (AvgIpc) is 3.20. The molecule has 0 aromatic carbocycles. The maximum absolute atomic E-state index is 12.5. The standard InChI is InChI=1S/C15H18N6O2/c1-9-18-14(20-19-9)12-6-10-3-5-21(8-13(10)23-12)15(22)11-2-4-16-17-7-11/h2,4,7,10,12-13H,3,5-6,8H2,1H3,(H,18,19,20)/t10-,12+,13+/m0/s1. The first-order valence-corrected chi connectivity index (χ1v) is 7.81. The zero-order valence-electron chi connectivity index (χ0n) is 12.8. The molecule has 2 aliphatic rings. The van der Waals surface area contributed by atoms with Crippen molar-refractivity contribution in [2.75, 3.05) is 13.1 Å². The Morgan fingerprint density at radius 1 is 1.43 bits per heavy atom. The van der Waals surface area contributed by atoms with Gasteiger partial charge in [0.1, 0.15) is 11.9 Å². The minimum Gasteiger partial charge on any atom is -0.365 e. The third-order valence-corrected chi connectivity index (χ3v) is 4.57. The molecular weight excluding hydrogens is 296 g/mol. The van der Waals surface area contributed by atoms with Gasteiger partial charge in [-0.2, -0.15) is 15.3 Å². The molecule has 2 saturated heterocycles. The van der Waals surface area contributed by atoms with Gasteiger partial charge >= 0.3 is 0 Å². The molecule has 0 radical (unpaired) electrons. The number of ether oxygens (including phenoxy) is 1. The van der Waals surface area contributed by atoms with E-state index < -0.39 is 0 Å². The predicted molar refractivity (Wildman–Crippen MR) is 79.4 cm³/mol. The summed E-state index contributed by atoms with van der Waals surface area (Å²) >= 11 is 0. The van der Waals surface area contributed by atoms with E-state index in [9.17, 15) is 4.79 Å². The number of carbonyl (C=O) groups excluding carboxylic acids is 1. The molecule has 2 aromatic heterocycles. The SMILES string of the molecule is Cc1nc([C@H]2C[C@@H]3CCN(C(=O)c4ccnnc4)C[C@H]3O2)n[nH]1. The van der Waals surface area contributed by atoms with Gasteiger partial charge in [0, 0.05) is 13.1 Å². The van der Waals surface area contributed by atoms with Crippen molar-refractivity contribution in [3.05, 3.63) is 35.7 Å². The molecular formula is C15H18N6O2. The van der Waals surface area contributed by atoms with Crippen molar-refractivity contribution in [2.45, 2.75) is 32.0 Å². The Bertz CT molecular complexity index is 703. The van der Waals surface area contributed by atoms with E-state index in [0.29, 0.717) is 23.9 Å². The summed E-state index contributed by atoms with van der Waals surface area (Å²) < 4.78 is 6.11. The summed E-state index contributed by atoms with van der Waals surface area (Å²) in [5, 5.41) is 14.5. The Kier molecular flexibility index (Phi) is 3.53. The molecule has 120 valence electrons. The predicted octanol–water partition coefficient (Wildman–Crippen LogP) is 0.895. The van der Waals surface area contributed by atoms with E-state index in [4.69, 9.17) is 4.74 Å². The van der Waals surface area contributed by atoms with Gasteiger partial charge in [-0.1, -0.05) is 0 Å². The Labute approximate surface area is 133 Å². The number of amides is 1. The van der Waals surface area contributed by atoms with E-state index in [0.717, 1.165) is 25.2 Å². The van der Waals surface area contributed by atoms with Crippen LogP contribution in [0.5, 0.6) is 0 Å². The number of piperidine rings is 1. The molecule has 0 saturated carbocycles. The lowest BCUT2D eigenvalue weighted by Gasteiger charge is -2.34. The first-order chi connectivity index (χ1) is 11.2. The second-order valence-electron chi connectivity index (χ2n) is 6.11. The van der Waals surface area contributed by atoms with Crippen molar-refractivity contribution in [2.24, 2.45) is 5.92 Å². The minimum atomic E-state index is -0.0763. The lowest BCUT2D eigenvalue weighted by Crippen LogP contribution is -2.45. The summed E-state index contributed by atoms with van der Waals surface area (Å²) in [5.74, 6) is 1.95. The van der Waals surface area contributed by atoms with E-state index >= 15 is 0 Å². The number of nitrogens with zero attached hydrogens (tertiary/aromatic N) is 5. The fourth-order valence-electron chi connectivity index (χ4n) is 3.38. The quantitative estimate of drug-likeness (QED) is 0.884. The number of fused-ring (bicyclic) bond motifs is 1. The van der Waals surface area contributed by atoms with Crippen LogP contribution in [-0.4, -0.2) is 55.4 Å². The summed E-state index contributed by atoms with van der Waals surface area (Å²) in [7, 11) is 0. The molecule has 4 heterocycles. The van der Waals surface area contributed by atoms with Crippen molar-refractivity contribution in [1.82, 2.24) is 30.3 Å². The highest BCUT2D eigenvalue weighted by atomic mass is 16.5. The largest absolute Gasteiger partial charge is 0.365 e. The third-order valence-electron chi connectivity index (χ3n) is 4.57. The maximum Gasteiger partial charge on any atom is 0.255 e. The normalized spacial score (nSPS) is 27.0. The highest BCUT2D eigenvalue weighted by molar-refractivity contribution is 5.93. The van der Waals surface area contributed by atoms with Gasteiger partial charge in [-0.25, -0.2) is 4.98 Å². The van der Waals surface area contributed by atoms with Gasteiger partial charge in [0.2, 0.25) is 0 Å². The van der Waals surface area contributed by atoms with Crippen LogP contribution in [0.15, 0.2) is 18.5 Å². The number of nitrogens with one attached hydrogen (secondary N) is 1. The number of H-pyrrole nitrogens is 1. The van der Waals surface area contributed by atoms with Crippen LogP contribution in [0.1, 0.15) is 41.0 Å². The third kappa shape index (κ3) is 2.70. The Balaban J connectivity index is 1.44. The highest BCUT2D eigenvalue weighted by Crippen LogP contribution is 2.40. The summed E-state index contributed by atoms with van der Waals surface area (Å²) in [6, 6.07) is 1.69. The molecule has 8 nitrogen and oxygen atoms in total. The van der Waals surface area contributed by atoms with Crippen LogP contribution in [0.25, 0.3) is 0 Å². The highest BCUT2D eigenvalue weighted by Gasteiger charge is 2.42. The molecule has 0 aliphatic carbocycles. The number of carbonyl (C=O) groups is 1. The zero-order valence-corrected chi connectivity index (χ0v) is 12.8. The molecule has 3 atom stereocenters. The van der Waals surface area contributed by atoms with Crippen LogP contribution < -0.4 is 0 Å². The van der Waals surface area contributed by atoms with E-state index in [1.165, 1.54) is 12.4 Å². The fourth-order valence-corrected chi connectivity index (χ4v) is 3.38. The van der Waals surface area contributed by atoms with Crippen molar-refractivity contribution < 1.29 is 9.53 Å². The Morgan fingerprint density at radius 2 is 2.35 bits per heavy atom. The molecule has 0 spiro atoms. The van der Waals surface area contributed by atoms with E-state index in [1.807, 2.05) is 11.8 Å². The van der Waals surface area contributed by atoms with E-state index in [1.54, 1.807) is 6.07 Å². The molecule has 0 bridgehead atoms. The van der Waals surface area contributed by atoms with Crippen LogP contribution >= 0.6 is 0 Å². The van der Waals surface area contributed by atoms with Gasteiger partial charge in [-0.3, -0.25) is 9.89 Å². The maximum atomic E-state index is 12.5. The van der Waals surface area contributed by atoms with Crippen LogP contribution in [0.3, 0.4) is 0 Å². The number of aromatic amines is 1. The molecule has 1 amide bonds. The lowest BCUT2D eigenvalue weighted by atomic mass is 9.91. The summed E-state index contributed by atoms with van der Waals surface area (Å²) in [6.45, 7) is 3.22. The van der Waals surface area contributed by atoms with Crippen LogP contribution in [-0.2, 0) is 4.74 Å². The number of aryl methyl sites for hydroxylation is 1. The smallest absolute Gasteiger partial charge is 0.255 e. The van der Waals surface area contributed by atoms with Crippen LogP contribution in [0.4, 0.5) is 0 Å². The van der Waals surface area contributed by atoms with Crippen molar-refractivity contribution in [3.8, 4) is 0 Å². The lowest BCUT2D eigenvalue weighted by molar-refractivity contribution is -0.00684. The monoisotopic (exact) mass is 314 g/mol. The van der Waals surface area contributed by atoms with Gasteiger partial charge in [0.05, 0.1) is 24.1 Å². The minimum absolute atomic E-state index is 0.0147. The Hall–Kier alpha value is -2.35. The first-order valence-electron chi connectivity index (χ1n) is 7.81. The van der Waals surface area contributed by atoms with E-state index in [-0.39, 0.29) is 18.1 Å². The topological polar surface area (TPSA) is 96.9 Å². The number of hydrogen-bond acceptors (Lipinski definition) is 6. The molecule has 2 aliphatic heterocycles. The van der Waals surface area contributed by atoms with Gasteiger partial charge in [0.15, 0.2) is 5.82 Å². The van der Waals surface area contributed by atoms with Crippen molar-refractivity contribution >= 4 is 5.91 Å². The number of aromatic nitrogens is 5. The summed E-state index contributed by atoms with van der Waals surface area (Å²) in [6.07, 6.45) is 4.87. The molecule has 1 N–H and O–H groups in total. The number of likely N-dealkylation sites (tertiary alicyclic amines) is 1. The van der Waals surface area contributed by atoms with Gasteiger partial charge in [-0.15, -0.1) is 0 Å². The fraction of sp³-hybridized carbons (Fsp3) is 0.533. The van der Waals surface area contributed by atoms with E-state index in [2.05, 4.69) is 25.4 Å². The second-order valence-corrected chi connectivity index (χ2v) is 6.11. The first kappa shape index (κ1) is 14.3. The molecule has 2 aromatic rings. The summed E-state index contributed by atoms with van der Waals surface area (Å²) in [4.78, 5) is 18.7. The molecule has 2 fully saturated rings. The number of hydrogen-bond donors (Lipinski definition) is 1. The molecule has 0 unspecified atom stereocenters. The van der Waals surface area contributed by atoms with Crippen LogP contribution in [0, 0.1) is 12.8 Å². The molecule has 8 heteroatoms. The Morgan fingerprint density at radius 3 is 3.09 bits per heavy atom. The molecule has 4 rings (SSSR count). The van der Waals surface area contributed by atoms with Crippen molar-refractivity contribution in [1.29, 1.82) is 0 Å². The van der Waals surface area contributed by atoms with Crippen LogP contribution in [0.2, 0.25) is 0 Å². The van der Waals surface area contributed by atoms with Gasteiger partial charge in [0.25, 0.3) is 5.91 Å².